The van der Waals surface area contributed by atoms with Crippen molar-refractivity contribution in [2.24, 2.45) is 5.10 Å². The molecule has 1 aliphatic heterocycles. The van der Waals surface area contributed by atoms with Crippen LogP contribution < -0.4 is 4.83 Å². The monoisotopic (exact) mass is 362 g/mol. The average molecular weight is 363 g/mol. The molecule has 0 bridgehead atoms. The molecule has 1 aliphatic rings. The summed E-state index contributed by atoms with van der Waals surface area (Å²) in [7, 11) is -3.49. The van der Waals surface area contributed by atoms with Crippen LogP contribution in [0.25, 0.3) is 10.1 Å². The highest BCUT2D eigenvalue weighted by Crippen LogP contribution is 2.30. The summed E-state index contributed by atoms with van der Waals surface area (Å²) in [5.41, 5.74) is 2.04. The van der Waals surface area contributed by atoms with Gasteiger partial charge < -0.3 is 0 Å². The Bertz CT molecular complexity index is 1020. The highest BCUT2D eigenvalue weighted by Gasteiger charge is 2.23. The minimum atomic E-state index is -3.49. The molecule has 0 aliphatic carbocycles. The van der Waals surface area contributed by atoms with Gasteiger partial charge in [-0.2, -0.15) is 5.10 Å². The van der Waals surface area contributed by atoms with Crippen LogP contribution in [0.15, 0.2) is 53.6 Å². The number of thiophene rings is 1. The molecule has 0 saturated heterocycles. The van der Waals surface area contributed by atoms with E-state index in [0.717, 1.165) is 20.5 Å². The van der Waals surface area contributed by atoms with Crippen LogP contribution in [0.1, 0.15) is 16.0 Å². The molecule has 2 aromatic carbocycles. The number of hydrogen-bond acceptors (Lipinski definition) is 4. The Labute approximate surface area is 142 Å². The van der Waals surface area contributed by atoms with Gasteiger partial charge in [0, 0.05) is 15.3 Å². The lowest BCUT2D eigenvalue weighted by atomic mass is 10.0. The number of nitrogens with zero attached hydrogens (tertiary/aromatic N) is 1. The van der Waals surface area contributed by atoms with E-state index < -0.39 is 10.0 Å². The first kappa shape index (κ1) is 14.7. The molecule has 4 nitrogen and oxygen atoms in total. The van der Waals surface area contributed by atoms with Crippen LogP contribution in [0.3, 0.4) is 0 Å². The van der Waals surface area contributed by atoms with E-state index in [4.69, 9.17) is 11.6 Å². The quantitative estimate of drug-likeness (QED) is 0.716. The largest absolute Gasteiger partial charge is 0.251 e. The number of rotatable bonds is 1. The van der Waals surface area contributed by atoms with Crippen LogP contribution in [0.5, 0.6) is 0 Å². The number of sulfonamides is 1. The third-order valence-electron chi connectivity index (χ3n) is 3.63. The van der Waals surface area contributed by atoms with Crippen LogP contribution in [-0.4, -0.2) is 14.1 Å². The van der Waals surface area contributed by atoms with E-state index in [-0.39, 0.29) is 5.75 Å². The Morgan fingerprint density at radius 3 is 2.78 bits per heavy atom. The van der Waals surface area contributed by atoms with Crippen molar-refractivity contribution in [3.63, 3.8) is 0 Å². The predicted octanol–water partition coefficient (Wildman–Crippen LogP) is 3.74. The summed E-state index contributed by atoms with van der Waals surface area (Å²) in [6, 6.07) is 15.2. The fraction of sp³-hybridized carbons (Fsp3) is 0.0625. The van der Waals surface area contributed by atoms with Gasteiger partial charge in [-0.25, -0.2) is 13.2 Å². The van der Waals surface area contributed by atoms with E-state index in [2.05, 4.69) is 9.93 Å². The molecule has 0 fully saturated rings. The summed E-state index contributed by atoms with van der Waals surface area (Å²) >= 11 is 7.68. The molecule has 7 heteroatoms. The summed E-state index contributed by atoms with van der Waals surface area (Å²) in [5, 5.41) is 5.81. The molecule has 23 heavy (non-hydrogen) atoms. The molecule has 0 amide bonds. The first-order chi connectivity index (χ1) is 11.0. The van der Waals surface area contributed by atoms with Crippen molar-refractivity contribution in [3.8, 4) is 0 Å². The maximum atomic E-state index is 12.0. The molecular weight excluding hydrogens is 352 g/mol. The average Bonchev–Trinajstić information content (AvgIpc) is 2.87. The van der Waals surface area contributed by atoms with Crippen molar-refractivity contribution >= 4 is 48.8 Å². The predicted molar refractivity (Wildman–Crippen MR) is 94.7 cm³/mol. The lowest BCUT2D eigenvalue weighted by Gasteiger charge is -2.07. The smallest absolute Gasteiger partial charge is 0.205 e. The van der Waals surface area contributed by atoms with Crippen LogP contribution in [0, 0.1) is 0 Å². The van der Waals surface area contributed by atoms with Gasteiger partial charge in [0.1, 0.15) is 5.71 Å². The molecular formula is C16H11ClN2O2S2. The van der Waals surface area contributed by atoms with Crippen molar-refractivity contribution in [1.29, 1.82) is 0 Å². The Hall–Kier alpha value is -1.89. The Balaban J connectivity index is 1.96. The Morgan fingerprint density at radius 2 is 1.96 bits per heavy atom. The first-order valence-corrected chi connectivity index (χ1v) is 9.71. The number of fused-ring (bicyclic) bond motifs is 2. The third kappa shape index (κ3) is 2.73. The fourth-order valence-corrected chi connectivity index (χ4v) is 4.79. The van der Waals surface area contributed by atoms with Crippen molar-refractivity contribution in [2.75, 3.05) is 0 Å². The van der Waals surface area contributed by atoms with Crippen molar-refractivity contribution in [2.45, 2.75) is 5.75 Å². The molecule has 116 valence electrons. The van der Waals surface area contributed by atoms with Gasteiger partial charge in [0.25, 0.3) is 10.0 Å². The summed E-state index contributed by atoms with van der Waals surface area (Å²) in [5.74, 6) is -0.114. The van der Waals surface area contributed by atoms with Gasteiger partial charge in [-0.15, -0.1) is 11.3 Å². The Morgan fingerprint density at radius 1 is 1.13 bits per heavy atom. The molecule has 0 unspecified atom stereocenters. The van der Waals surface area contributed by atoms with Gasteiger partial charge in [-0.1, -0.05) is 35.9 Å². The normalized spacial score (nSPS) is 16.3. The number of nitrogens with one attached hydrogen (secondary N) is 1. The van der Waals surface area contributed by atoms with Gasteiger partial charge in [0.2, 0.25) is 0 Å². The van der Waals surface area contributed by atoms with E-state index in [1.165, 1.54) is 0 Å². The second kappa shape index (κ2) is 5.33. The molecule has 4 rings (SSSR count). The van der Waals surface area contributed by atoms with Crippen LogP contribution in [0.2, 0.25) is 5.02 Å². The molecule has 1 aromatic heterocycles. The summed E-state index contributed by atoms with van der Waals surface area (Å²) in [6.45, 7) is 0. The van der Waals surface area contributed by atoms with Gasteiger partial charge in [0.15, 0.2) is 0 Å². The van der Waals surface area contributed by atoms with Crippen LogP contribution in [0.4, 0.5) is 0 Å². The number of halogens is 1. The lowest BCUT2D eigenvalue weighted by molar-refractivity contribution is 0.584. The summed E-state index contributed by atoms with van der Waals surface area (Å²) in [6.07, 6.45) is 0. The zero-order valence-corrected chi connectivity index (χ0v) is 14.2. The lowest BCUT2D eigenvalue weighted by Crippen LogP contribution is -2.18. The summed E-state index contributed by atoms with van der Waals surface area (Å²) in [4.78, 5) is 3.21. The van der Waals surface area contributed by atoms with E-state index in [9.17, 15) is 8.42 Å². The molecule has 3 aromatic rings. The van der Waals surface area contributed by atoms with E-state index in [1.807, 2.05) is 30.3 Å². The Kier molecular flexibility index (Phi) is 3.41. The molecule has 0 radical (unpaired) electrons. The SMILES string of the molecule is O=S1(=O)Cc2ccc(Cl)cc2C(c2cc3ccccc3s2)=NN1. The molecule has 0 spiro atoms. The topological polar surface area (TPSA) is 58.5 Å². The minimum Gasteiger partial charge on any atom is -0.205 e. The maximum Gasteiger partial charge on any atom is 0.251 e. The zero-order chi connectivity index (χ0) is 16.0. The van der Waals surface area contributed by atoms with Crippen molar-refractivity contribution < 1.29 is 8.42 Å². The van der Waals surface area contributed by atoms with Crippen molar-refractivity contribution in [3.05, 3.63) is 69.6 Å². The molecule has 2 heterocycles. The second-order valence-corrected chi connectivity index (χ2v) is 8.48. The van der Waals surface area contributed by atoms with Gasteiger partial charge in [-0.05, 0) is 35.2 Å². The number of hydrogen-bond donors (Lipinski definition) is 1. The van der Waals surface area contributed by atoms with Gasteiger partial charge in [-0.3, -0.25) is 0 Å². The number of hydrazone groups is 1. The number of benzene rings is 2. The zero-order valence-electron chi connectivity index (χ0n) is 11.8. The highest BCUT2D eigenvalue weighted by molar-refractivity contribution is 7.88. The van der Waals surface area contributed by atoms with Gasteiger partial charge >= 0.3 is 0 Å². The van der Waals surface area contributed by atoms with Crippen LogP contribution >= 0.6 is 22.9 Å². The standard InChI is InChI=1S/C16H11ClN2O2S2/c17-12-6-5-11-9-23(20,21)19-18-16(13(11)8-12)15-7-10-3-1-2-4-14(10)22-15/h1-8,19H,9H2. The minimum absolute atomic E-state index is 0.114. The van der Waals surface area contributed by atoms with E-state index in [1.54, 1.807) is 29.5 Å². The first-order valence-electron chi connectivity index (χ1n) is 6.87. The van der Waals surface area contributed by atoms with E-state index >= 15 is 0 Å². The molecule has 0 atom stereocenters. The third-order valence-corrected chi connectivity index (χ3v) is 6.05. The molecule has 1 N–H and O–H groups in total. The van der Waals surface area contributed by atoms with Gasteiger partial charge in [0.05, 0.1) is 10.6 Å². The summed E-state index contributed by atoms with van der Waals surface area (Å²) < 4.78 is 25.2. The fourth-order valence-electron chi connectivity index (χ4n) is 2.59. The molecule has 0 saturated carbocycles. The van der Waals surface area contributed by atoms with Crippen molar-refractivity contribution in [1.82, 2.24) is 4.83 Å². The van der Waals surface area contributed by atoms with Crippen LogP contribution in [-0.2, 0) is 15.8 Å². The van der Waals surface area contributed by atoms with E-state index in [0.29, 0.717) is 16.3 Å². The second-order valence-electron chi connectivity index (χ2n) is 5.26. The maximum absolute atomic E-state index is 12.0. The highest BCUT2D eigenvalue weighted by atomic mass is 35.5.